The summed E-state index contributed by atoms with van der Waals surface area (Å²) in [5.74, 6) is 0.837. The minimum atomic E-state index is -0.399. The van der Waals surface area contributed by atoms with Crippen LogP contribution in [0.5, 0.6) is 5.75 Å². The maximum atomic E-state index is 10.7. The van der Waals surface area contributed by atoms with Gasteiger partial charge in [0, 0.05) is 6.04 Å². The molecule has 3 heteroatoms. The van der Waals surface area contributed by atoms with Crippen LogP contribution in [0.3, 0.4) is 0 Å². The largest absolute Gasteiger partial charge is 0.497 e. The van der Waals surface area contributed by atoms with Crippen LogP contribution >= 0.6 is 0 Å². The summed E-state index contributed by atoms with van der Waals surface area (Å²) in [4.78, 5) is 2.44. The SMILES string of the molecule is CCCC(C(O)c1ccc(OC)cc1)N1CCCC1. The lowest BCUT2D eigenvalue weighted by atomic mass is 9.97. The van der Waals surface area contributed by atoms with Crippen molar-refractivity contribution in [3.8, 4) is 5.75 Å². The van der Waals surface area contributed by atoms with E-state index in [1.165, 1.54) is 12.8 Å². The molecule has 1 aromatic rings. The van der Waals surface area contributed by atoms with Gasteiger partial charge < -0.3 is 9.84 Å². The first-order valence-electron chi connectivity index (χ1n) is 7.32. The average molecular weight is 263 g/mol. The summed E-state index contributed by atoms with van der Waals surface area (Å²) >= 11 is 0. The van der Waals surface area contributed by atoms with E-state index in [0.717, 1.165) is 37.2 Å². The van der Waals surface area contributed by atoms with Crippen LogP contribution in [0, 0.1) is 0 Å². The Morgan fingerprint density at radius 1 is 1.21 bits per heavy atom. The van der Waals surface area contributed by atoms with Gasteiger partial charge in [0.1, 0.15) is 5.75 Å². The van der Waals surface area contributed by atoms with Gasteiger partial charge in [0.25, 0.3) is 0 Å². The molecule has 19 heavy (non-hydrogen) atoms. The van der Waals surface area contributed by atoms with Gasteiger partial charge in [0.15, 0.2) is 0 Å². The zero-order valence-corrected chi connectivity index (χ0v) is 12.0. The molecule has 106 valence electrons. The molecule has 2 unspecified atom stereocenters. The molecule has 0 aromatic heterocycles. The predicted octanol–water partition coefficient (Wildman–Crippen LogP) is 2.99. The van der Waals surface area contributed by atoms with Crippen molar-refractivity contribution in [1.29, 1.82) is 0 Å². The quantitative estimate of drug-likeness (QED) is 0.856. The first-order chi connectivity index (χ1) is 9.26. The Kier molecular flexibility index (Phi) is 5.23. The Bertz CT molecular complexity index is 371. The average Bonchev–Trinajstić information content (AvgIpc) is 2.98. The Labute approximate surface area is 116 Å². The van der Waals surface area contributed by atoms with Crippen molar-refractivity contribution in [3.63, 3.8) is 0 Å². The third-order valence-corrected chi connectivity index (χ3v) is 4.02. The van der Waals surface area contributed by atoms with Crippen LogP contribution in [0.4, 0.5) is 0 Å². The highest BCUT2D eigenvalue weighted by Gasteiger charge is 2.28. The molecule has 1 aliphatic rings. The Balaban J connectivity index is 2.10. The van der Waals surface area contributed by atoms with Gasteiger partial charge in [-0.25, -0.2) is 0 Å². The summed E-state index contributed by atoms with van der Waals surface area (Å²) in [5, 5.41) is 10.7. The number of ether oxygens (including phenoxy) is 1. The number of methoxy groups -OCH3 is 1. The van der Waals surface area contributed by atoms with Gasteiger partial charge in [-0.05, 0) is 50.0 Å². The molecule has 0 bridgehead atoms. The molecule has 1 aliphatic heterocycles. The standard InChI is InChI=1S/C16H25NO2/c1-3-6-15(17-11-4-5-12-17)16(18)13-7-9-14(19-2)10-8-13/h7-10,15-16,18H,3-6,11-12H2,1-2H3. The van der Waals surface area contributed by atoms with Gasteiger partial charge >= 0.3 is 0 Å². The number of likely N-dealkylation sites (tertiary alicyclic amines) is 1. The van der Waals surface area contributed by atoms with Gasteiger partial charge in [0.05, 0.1) is 13.2 Å². The summed E-state index contributed by atoms with van der Waals surface area (Å²) in [6.07, 6.45) is 4.27. The molecule has 1 saturated heterocycles. The molecule has 2 atom stereocenters. The fourth-order valence-corrected chi connectivity index (χ4v) is 2.93. The molecule has 0 spiro atoms. The number of hydrogen-bond donors (Lipinski definition) is 1. The first kappa shape index (κ1) is 14.4. The molecular weight excluding hydrogens is 238 g/mol. The lowest BCUT2D eigenvalue weighted by Gasteiger charge is -2.31. The molecule has 2 rings (SSSR count). The van der Waals surface area contributed by atoms with Crippen LogP contribution in [0.1, 0.15) is 44.3 Å². The molecule has 3 nitrogen and oxygen atoms in total. The van der Waals surface area contributed by atoms with E-state index < -0.39 is 6.10 Å². The fourth-order valence-electron chi connectivity index (χ4n) is 2.93. The fraction of sp³-hybridized carbons (Fsp3) is 0.625. The second-order valence-corrected chi connectivity index (χ2v) is 5.32. The van der Waals surface area contributed by atoms with Gasteiger partial charge in [0.2, 0.25) is 0 Å². The molecule has 1 heterocycles. The first-order valence-corrected chi connectivity index (χ1v) is 7.32. The molecule has 0 radical (unpaired) electrons. The third-order valence-electron chi connectivity index (χ3n) is 4.02. The van der Waals surface area contributed by atoms with Crippen LogP contribution in [-0.4, -0.2) is 36.2 Å². The highest BCUT2D eigenvalue weighted by Crippen LogP contribution is 2.28. The van der Waals surface area contributed by atoms with E-state index in [1.807, 2.05) is 24.3 Å². The second kappa shape index (κ2) is 6.92. The summed E-state index contributed by atoms with van der Waals surface area (Å²) in [6, 6.07) is 8.04. The van der Waals surface area contributed by atoms with E-state index in [1.54, 1.807) is 7.11 Å². The number of aliphatic hydroxyl groups is 1. The van der Waals surface area contributed by atoms with Crippen molar-refractivity contribution in [2.24, 2.45) is 0 Å². The normalized spacial score (nSPS) is 19.3. The number of rotatable bonds is 6. The lowest BCUT2D eigenvalue weighted by molar-refractivity contribution is 0.0558. The van der Waals surface area contributed by atoms with E-state index in [9.17, 15) is 5.11 Å². The molecule has 0 aliphatic carbocycles. The van der Waals surface area contributed by atoms with Crippen molar-refractivity contribution in [2.45, 2.75) is 44.8 Å². The third kappa shape index (κ3) is 3.48. The van der Waals surface area contributed by atoms with Crippen LogP contribution in [-0.2, 0) is 0 Å². The highest BCUT2D eigenvalue weighted by atomic mass is 16.5. The van der Waals surface area contributed by atoms with E-state index in [2.05, 4.69) is 11.8 Å². The predicted molar refractivity (Wildman–Crippen MR) is 77.5 cm³/mol. The van der Waals surface area contributed by atoms with Gasteiger partial charge in [-0.2, -0.15) is 0 Å². The molecule has 0 saturated carbocycles. The van der Waals surface area contributed by atoms with E-state index in [4.69, 9.17) is 4.74 Å². The van der Waals surface area contributed by atoms with Gasteiger partial charge in [-0.3, -0.25) is 4.90 Å². The van der Waals surface area contributed by atoms with Crippen molar-refractivity contribution in [3.05, 3.63) is 29.8 Å². The van der Waals surface area contributed by atoms with Crippen molar-refractivity contribution < 1.29 is 9.84 Å². The summed E-state index contributed by atoms with van der Waals surface area (Å²) in [5.41, 5.74) is 0.992. The number of aliphatic hydroxyl groups excluding tert-OH is 1. The van der Waals surface area contributed by atoms with Crippen molar-refractivity contribution in [2.75, 3.05) is 20.2 Å². The van der Waals surface area contributed by atoms with Crippen molar-refractivity contribution >= 4 is 0 Å². The van der Waals surface area contributed by atoms with Crippen LogP contribution in [0.2, 0.25) is 0 Å². The lowest BCUT2D eigenvalue weighted by Crippen LogP contribution is -2.37. The number of nitrogens with zero attached hydrogens (tertiary/aromatic N) is 1. The van der Waals surface area contributed by atoms with Crippen molar-refractivity contribution in [1.82, 2.24) is 4.90 Å². The van der Waals surface area contributed by atoms with E-state index in [-0.39, 0.29) is 6.04 Å². The second-order valence-electron chi connectivity index (χ2n) is 5.32. The highest BCUT2D eigenvalue weighted by molar-refractivity contribution is 5.29. The molecule has 1 N–H and O–H groups in total. The zero-order chi connectivity index (χ0) is 13.7. The van der Waals surface area contributed by atoms with Crippen LogP contribution in [0.25, 0.3) is 0 Å². The molecule has 1 aromatic carbocycles. The zero-order valence-electron chi connectivity index (χ0n) is 12.0. The maximum Gasteiger partial charge on any atom is 0.118 e. The Hall–Kier alpha value is -1.06. The van der Waals surface area contributed by atoms with Crippen LogP contribution in [0.15, 0.2) is 24.3 Å². The minimum absolute atomic E-state index is 0.251. The smallest absolute Gasteiger partial charge is 0.118 e. The number of hydrogen-bond acceptors (Lipinski definition) is 3. The molecule has 0 amide bonds. The van der Waals surface area contributed by atoms with Crippen LogP contribution < -0.4 is 4.74 Å². The Morgan fingerprint density at radius 2 is 1.84 bits per heavy atom. The summed E-state index contributed by atoms with van der Waals surface area (Å²) < 4.78 is 5.16. The maximum absolute atomic E-state index is 10.7. The topological polar surface area (TPSA) is 32.7 Å². The summed E-state index contributed by atoms with van der Waals surface area (Å²) in [7, 11) is 1.66. The van der Waals surface area contributed by atoms with E-state index in [0.29, 0.717) is 0 Å². The van der Waals surface area contributed by atoms with Gasteiger partial charge in [-0.15, -0.1) is 0 Å². The molecule has 1 fully saturated rings. The Morgan fingerprint density at radius 3 is 2.37 bits per heavy atom. The number of benzene rings is 1. The van der Waals surface area contributed by atoms with Gasteiger partial charge in [-0.1, -0.05) is 25.5 Å². The molecular formula is C16H25NO2. The minimum Gasteiger partial charge on any atom is -0.497 e. The summed E-state index contributed by atoms with van der Waals surface area (Å²) in [6.45, 7) is 4.43. The van der Waals surface area contributed by atoms with E-state index >= 15 is 0 Å². The monoisotopic (exact) mass is 263 g/mol.